The lowest BCUT2D eigenvalue weighted by Gasteiger charge is -2.08. The Kier molecular flexibility index (Phi) is 3.24. The number of anilines is 2. The van der Waals surface area contributed by atoms with Gasteiger partial charge in [-0.2, -0.15) is 28.1 Å². The number of hydrogen-bond acceptors (Lipinski definition) is 5. The Hall–Kier alpha value is -2.38. The molecule has 0 bridgehead atoms. The van der Waals surface area contributed by atoms with E-state index in [0.717, 1.165) is 12.1 Å². The van der Waals surface area contributed by atoms with Crippen molar-refractivity contribution in [1.82, 2.24) is 15.0 Å². The first-order chi connectivity index (χ1) is 8.90. The molecule has 3 N–H and O–H groups in total. The maximum atomic E-state index is 12.4. The lowest BCUT2D eigenvalue weighted by Crippen LogP contribution is -2.06. The molecule has 19 heavy (non-hydrogen) atoms. The number of nitrogens with one attached hydrogen (secondary N) is 1. The Labute approximate surface area is 106 Å². The van der Waals surface area contributed by atoms with E-state index in [1.807, 2.05) is 0 Å². The number of halogens is 3. The molecule has 1 heterocycles. The van der Waals surface area contributed by atoms with Crippen LogP contribution in [0.3, 0.4) is 0 Å². The van der Waals surface area contributed by atoms with Crippen LogP contribution in [0.5, 0.6) is 0 Å². The van der Waals surface area contributed by atoms with E-state index in [0.29, 0.717) is 5.56 Å². The largest absolute Gasteiger partial charge is 0.416 e. The monoisotopic (exact) mass is 269 g/mol. The Morgan fingerprint density at radius 2 is 1.68 bits per heavy atom. The number of nitrogen functional groups attached to an aromatic ring is 1. The van der Waals surface area contributed by atoms with E-state index < -0.39 is 11.7 Å². The minimum absolute atomic E-state index is 0.00533. The van der Waals surface area contributed by atoms with Gasteiger partial charge in [-0.05, 0) is 12.1 Å². The number of nitrogens with two attached hydrogens (primary N) is 1. The van der Waals surface area contributed by atoms with Crippen molar-refractivity contribution in [2.45, 2.75) is 6.18 Å². The average Bonchev–Trinajstić information content (AvgIpc) is 2.37. The molecule has 5 nitrogen and oxygen atoms in total. The van der Waals surface area contributed by atoms with Crippen LogP contribution in [0.4, 0.5) is 25.1 Å². The van der Waals surface area contributed by atoms with Gasteiger partial charge in [0, 0.05) is 12.6 Å². The molecule has 2 aromatic rings. The molecule has 8 heteroatoms. The number of rotatable bonds is 2. The zero-order valence-electron chi connectivity index (χ0n) is 9.86. The fourth-order valence-electron chi connectivity index (χ4n) is 1.44. The van der Waals surface area contributed by atoms with Gasteiger partial charge in [0.25, 0.3) is 0 Å². The molecule has 0 unspecified atom stereocenters. The summed E-state index contributed by atoms with van der Waals surface area (Å²) < 4.78 is 37.3. The van der Waals surface area contributed by atoms with E-state index in [1.165, 1.54) is 12.1 Å². The zero-order valence-corrected chi connectivity index (χ0v) is 9.86. The summed E-state index contributed by atoms with van der Waals surface area (Å²) in [4.78, 5) is 11.7. The van der Waals surface area contributed by atoms with Crippen molar-refractivity contribution in [3.63, 3.8) is 0 Å². The fourth-order valence-corrected chi connectivity index (χ4v) is 1.44. The van der Waals surface area contributed by atoms with Crippen molar-refractivity contribution in [2.24, 2.45) is 0 Å². The molecule has 100 valence electrons. The highest BCUT2D eigenvalue weighted by Gasteiger charge is 2.30. The lowest BCUT2D eigenvalue weighted by molar-refractivity contribution is -0.137. The average molecular weight is 269 g/mol. The van der Waals surface area contributed by atoms with Gasteiger partial charge >= 0.3 is 6.18 Å². The summed E-state index contributed by atoms with van der Waals surface area (Å²) >= 11 is 0. The third-order valence-corrected chi connectivity index (χ3v) is 2.35. The van der Waals surface area contributed by atoms with Crippen molar-refractivity contribution < 1.29 is 13.2 Å². The van der Waals surface area contributed by atoms with Crippen molar-refractivity contribution in [3.05, 3.63) is 29.8 Å². The van der Waals surface area contributed by atoms with Gasteiger partial charge in [0.05, 0.1) is 5.56 Å². The highest BCUT2D eigenvalue weighted by molar-refractivity contribution is 5.58. The second-order valence-electron chi connectivity index (χ2n) is 3.67. The molecule has 0 atom stereocenters. The molecule has 1 aromatic carbocycles. The predicted octanol–water partition coefficient (Wildman–Crippen LogP) is 2.18. The third kappa shape index (κ3) is 2.90. The van der Waals surface area contributed by atoms with Crippen LogP contribution in [0.15, 0.2) is 24.3 Å². The summed E-state index contributed by atoms with van der Waals surface area (Å²) in [6.07, 6.45) is -4.37. The summed E-state index contributed by atoms with van der Waals surface area (Å²) in [5.74, 6) is 0.460. The second kappa shape index (κ2) is 4.71. The van der Waals surface area contributed by atoms with Crippen LogP contribution in [0.2, 0.25) is 0 Å². The van der Waals surface area contributed by atoms with Gasteiger partial charge in [-0.15, -0.1) is 0 Å². The van der Waals surface area contributed by atoms with E-state index in [4.69, 9.17) is 5.73 Å². The normalized spacial score (nSPS) is 11.4. The quantitative estimate of drug-likeness (QED) is 0.873. The van der Waals surface area contributed by atoms with Gasteiger partial charge in [0.1, 0.15) is 0 Å². The van der Waals surface area contributed by atoms with Crippen molar-refractivity contribution in [1.29, 1.82) is 0 Å². The number of alkyl halides is 3. The Morgan fingerprint density at radius 1 is 1.05 bits per heavy atom. The van der Waals surface area contributed by atoms with E-state index >= 15 is 0 Å². The molecule has 1 aromatic heterocycles. The van der Waals surface area contributed by atoms with Gasteiger partial charge in [-0.1, -0.05) is 12.1 Å². The summed E-state index contributed by atoms with van der Waals surface area (Å²) in [5, 5.41) is 2.69. The molecule has 2 rings (SSSR count). The van der Waals surface area contributed by atoms with Crippen LogP contribution < -0.4 is 11.1 Å². The van der Waals surface area contributed by atoms with Crippen LogP contribution in [-0.2, 0) is 6.18 Å². The standard InChI is InChI=1S/C11H10F3N5/c1-16-10-18-8(17-9(15)19-10)6-2-4-7(5-3-6)11(12,13)14/h2-5H,1H3,(H3,15,16,17,18,19). The van der Waals surface area contributed by atoms with Gasteiger partial charge in [0.15, 0.2) is 5.82 Å². The molecule has 0 saturated carbocycles. The minimum atomic E-state index is -4.37. The Balaban J connectivity index is 2.40. The lowest BCUT2D eigenvalue weighted by atomic mass is 10.1. The molecule has 0 radical (unpaired) electrons. The minimum Gasteiger partial charge on any atom is -0.368 e. The van der Waals surface area contributed by atoms with E-state index in [9.17, 15) is 13.2 Å². The van der Waals surface area contributed by atoms with Gasteiger partial charge < -0.3 is 11.1 Å². The predicted molar refractivity (Wildman–Crippen MR) is 64.2 cm³/mol. The topological polar surface area (TPSA) is 76.7 Å². The Bertz CT molecular complexity index is 580. The summed E-state index contributed by atoms with van der Waals surface area (Å²) in [6.45, 7) is 0. The van der Waals surface area contributed by atoms with Crippen LogP contribution in [0.1, 0.15) is 5.56 Å². The molecule has 0 fully saturated rings. The first-order valence-corrected chi connectivity index (χ1v) is 5.27. The van der Waals surface area contributed by atoms with Gasteiger partial charge in [0.2, 0.25) is 11.9 Å². The van der Waals surface area contributed by atoms with Crippen LogP contribution in [0.25, 0.3) is 11.4 Å². The zero-order chi connectivity index (χ0) is 14.0. The first-order valence-electron chi connectivity index (χ1n) is 5.27. The number of aromatic nitrogens is 3. The fraction of sp³-hybridized carbons (Fsp3) is 0.182. The molecule has 0 aliphatic rings. The Morgan fingerprint density at radius 3 is 2.21 bits per heavy atom. The van der Waals surface area contributed by atoms with Crippen molar-refractivity contribution in [2.75, 3.05) is 18.1 Å². The highest BCUT2D eigenvalue weighted by Crippen LogP contribution is 2.30. The molecular weight excluding hydrogens is 259 g/mol. The number of hydrogen-bond donors (Lipinski definition) is 2. The molecule has 0 amide bonds. The smallest absolute Gasteiger partial charge is 0.368 e. The highest BCUT2D eigenvalue weighted by atomic mass is 19.4. The van der Waals surface area contributed by atoms with E-state index in [2.05, 4.69) is 20.3 Å². The van der Waals surface area contributed by atoms with Crippen LogP contribution >= 0.6 is 0 Å². The summed E-state index contributed by atoms with van der Waals surface area (Å²) in [6, 6.07) is 4.51. The number of benzene rings is 1. The van der Waals surface area contributed by atoms with Gasteiger partial charge in [-0.3, -0.25) is 0 Å². The second-order valence-corrected chi connectivity index (χ2v) is 3.67. The third-order valence-electron chi connectivity index (χ3n) is 2.35. The van der Waals surface area contributed by atoms with Crippen molar-refractivity contribution >= 4 is 11.9 Å². The van der Waals surface area contributed by atoms with Crippen LogP contribution in [-0.4, -0.2) is 22.0 Å². The molecule has 0 spiro atoms. The molecular formula is C11H10F3N5. The van der Waals surface area contributed by atoms with E-state index in [-0.39, 0.29) is 17.7 Å². The summed E-state index contributed by atoms with van der Waals surface area (Å²) in [5.41, 5.74) is 5.19. The first kappa shape index (κ1) is 13.1. The molecule has 0 aliphatic heterocycles. The van der Waals surface area contributed by atoms with Gasteiger partial charge in [-0.25, -0.2) is 0 Å². The maximum Gasteiger partial charge on any atom is 0.416 e. The van der Waals surface area contributed by atoms with E-state index in [1.54, 1.807) is 7.05 Å². The van der Waals surface area contributed by atoms with Crippen LogP contribution in [0, 0.1) is 0 Å². The summed E-state index contributed by atoms with van der Waals surface area (Å²) in [7, 11) is 1.60. The molecule has 0 saturated heterocycles. The number of nitrogens with zero attached hydrogens (tertiary/aromatic N) is 3. The maximum absolute atomic E-state index is 12.4. The SMILES string of the molecule is CNc1nc(N)nc(-c2ccc(C(F)(F)F)cc2)n1. The molecule has 0 aliphatic carbocycles. The van der Waals surface area contributed by atoms with Crippen molar-refractivity contribution in [3.8, 4) is 11.4 Å².